The SMILES string of the molecule is COS(=O)(=O)Cc1ncccc1C1CC1. The summed E-state index contributed by atoms with van der Waals surface area (Å²) in [6, 6.07) is 3.79. The summed E-state index contributed by atoms with van der Waals surface area (Å²) in [5.74, 6) is 0.372. The molecule has 5 heteroatoms. The van der Waals surface area contributed by atoms with Crippen molar-refractivity contribution in [3.05, 3.63) is 29.6 Å². The van der Waals surface area contributed by atoms with Gasteiger partial charge in [-0.05, 0) is 30.4 Å². The van der Waals surface area contributed by atoms with E-state index in [0.29, 0.717) is 11.6 Å². The maximum atomic E-state index is 11.3. The number of rotatable bonds is 4. The van der Waals surface area contributed by atoms with Crippen molar-refractivity contribution in [1.29, 1.82) is 0 Å². The lowest BCUT2D eigenvalue weighted by Crippen LogP contribution is -2.09. The number of hydrogen-bond acceptors (Lipinski definition) is 4. The Labute approximate surface area is 89.4 Å². The molecule has 0 spiro atoms. The third-order valence-corrected chi connectivity index (χ3v) is 3.64. The predicted octanol–water partition coefficient (Wildman–Crippen LogP) is 1.44. The Bertz CT molecular complexity index is 451. The molecule has 0 amide bonds. The summed E-state index contributed by atoms with van der Waals surface area (Å²) in [7, 11) is -2.29. The highest BCUT2D eigenvalue weighted by Crippen LogP contribution is 2.41. The number of nitrogens with zero attached hydrogens (tertiary/aromatic N) is 1. The highest BCUT2D eigenvalue weighted by molar-refractivity contribution is 7.85. The monoisotopic (exact) mass is 227 g/mol. The first kappa shape index (κ1) is 10.6. The molecule has 1 aliphatic carbocycles. The molecular weight excluding hydrogens is 214 g/mol. The van der Waals surface area contributed by atoms with Crippen molar-refractivity contribution >= 4 is 10.1 Å². The number of pyridine rings is 1. The van der Waals surface area contributed by atoms with Gasteiger partial charge < -0.3 is 0 Å². The fourth-order valence-corrected chi connectivity index (χ4v) is 2.26. The molecule has 0 atom stereocenters. The zero-order valence-corrected chi connectivity index (χ0v) is 9.33. The molecule has 4 nitrogen and oxygen atoms in total. The van der Waals surface area contributed by atoms with E-state index in [1.54, 1.807) is 6.20 Å². The van der Waals surface area contributed by atoms with Crippen molar-refractivity contribution in [2.45, 2.75) is 24.5 Å². The van der Waals surface area contributed by atoms with Gasteiger partial charge in [-0.25, -0.2) is 0 Å². The van der Waals surface area contributed by atoms with E-state index in [1.165, 1.54) is 7.11 Å². The van der Waals surface area contributed by atoms with Gasteiger partial charge in [0.05, 0.1) is 12.8 Å². The molecule has 0 N–H and O–H groups in total. The topological polar surface area (TPSA) is 56.3 Å². The molecule has 1 fully saturated rings. The lowest BCUT2D eigenvalue weighted by molar-refractivity contribution is 0.396. The standard InChI is InChI=1S/C10H13NO3S/c1-14-15(12,13)7-10-9(8-4-5-8)3-2-6-11-10/h2-3,6,8H,4-5,7H2,1H3. The van der Waals surface area contributed by atoms with Crippen LogP contribution in [0, 0.1) is 0 Å². The largest absolute Gasteiger partial charge is 0.273 e. The summed E-state index contributed by atoms with van der Waals surface area (Å²) < 4.78 is 27.0. The second kappa shape index (κ2) is 3.90. The Morgan fingerprint density at radius 2 is 2.27 bits per heavy atom. The molecule has 0 bridgehead atoms. The molecule has 0 unspecified atom stereocenters. The summed E-state index contributed by atoms with van der Waals surface area (Å²) in [6.45, 7) is 0. The Balaban J connectivity index is 2.27. The second-order valence-electron chi connectivity index (χ2n) is 3.68. The molecule has 1 aromatic heterocycles. The van der Waals surface area contributed by atoms with Gasteiger partial charge in [0.25, 0.3) is 10.1 Å². The summed E-state index contributed by atoms with van der Waals surface area (Å²) in [5.41, 5.74) is 1.68. The zero-order chi connectivity index (χ0) is 10.9. The minimum absolute atomic E-state index is 0.129. The van der Waals surface area contributed by atoms with Crippen molar-refractivity contribution < 1.29 is 12.6 Å². The van der Waals surface area contributed by atoms with Crippen LogP contribution < -0.4 is 0 Å². The van der Waals surface area contributed by atoms with Crippen LogP contribution in [0.3, 0.4) is 0 Å². The van der Waals surface area contributed by atoms with Crippen LogP contribution in [0.25, 0.3) is 0 Å². The number of hydrogen-bond donors (Lipinski definition) is 0. The zero-order valence-electron chi connectivity index (χ0n) is 8.51. The van der Waals surface area contributed by atoms with Crippen LogP contribution in [0.4, 0.5) is 0 Å². The molecule has 0 radical (unpaired) electrons. The molecule has 1 saturated carbocycles. The van der Waals surface area contributed by atoms with Gasteiger partial charge >= 0.3 is 0 Å². The smallest absolute Gasteiger partial charge is 0.272 e. The first-order valence-electron chi connectivity index (χ1n) is 4.84. The Morgan fingerprint density at radius 1 is 1.53 bits per heavy atom. The predicted molar refractivity (Wildman–Crippen MR) is 55.8 cm³/mol. The van der Waals surface area contributed by atoms with E-state index in [2.05, 4.69) is 9.17 Å². The fraction of sp³-hybridized carbons (Fsp3) is 0.500. The van der Waals surface area contributed by atoms with Crippen molar-refractivity contribution in [3.8, 4) is 0 Å². The van der Waals surface area contributed by atoms with Gasteiger partial charge in [-0.1, -0.05) is 6.07 Å². The van der Waals surface area contributed by atoms with Crippen LogP contribution in [0.2, 0.25) is 0 Å². The maximum absolute atomic E-state index is 11.3. The van der Waals surface area contributed by atoms with Gasteiger partial charge in [-0.2, -0.15) is 8.42 Å². The average Bonchev–Trinajstić information content (AvgIpc) is 3.02. The van der Waals surface area contributed by atoms with E-state index in [0.717, 1.165) is 18.4 Å². The van der Waals surface area contributed by atoms with E-state index in [4.69, 9.17) is 0 Å². The van der Waals surface area contributed by atoms with Crippen LogP contribution in [-0.2, 0) is 20.1 Å². The molecule has 0 aromatic carbocycles. The van der Waals surface area contributed by atoms with Crippen molar-refractivity contribution in [3.63, 3.8) is 0 Å². The third-order valence-electron chi connectivity index (χ3n) is 2.51. The van der Waals surface area contributed by atoms with Crippen molar-refractivity contribution in [1.82, 2.24) is 4.98 Å². The summed E-state index contributed by atoms with van der Waals surface area (Å²) in [4.78, 5) is 4.11. The van der Waals surface area contributed by atoms with Crippen LogP contribution in [0.1, 0.15) is 30.0 Å². The van der Waals surface area contributed by atoms with Crippen LogP contribution in [0.5, 0.6) is 0 Å². The van der Waals surface area contributed by atoms with Crippen molar-refractivity contribution in [2.24, 2.45) is 0 Å². The third kappa shape index (κ3) is 2.54. The Kier molecular flexibility index (Phi) is 2.75. The quantitative estimate of drug-likeness (QED) is 0.730. The van der Waals surface area contributed by atoms with Gasteiger partial charge in [0, 0.05) is 6.20 Å². The first-order valence-corrected chi connectivity index (χ1v) is 6.42. The molecule has 0 saturated heterocycles. The first-order chi connectivity index (χ1) is 7.12. The van der Waals surface area contributed by atoms with E-state index in [-0.39, 0.29) is 5.75 Å². The van der Waals surface area contributed by atoms with Gasteiger partial charge in [0.1, 0.15) is 5.75 Å². The minimum Gasteiger partial charge on any atom is -0.273 e. The minimum atomic E-state index is -3.46. The number of aromatic nitrogens is 1. The summed E-state index contributed by atoms with van der Waals surface area (Å²) in [5, 5.41) is 0. The normalized spacial score (nSPS) is 16.6. The van der Waals surface area contributed by atoms with E-state index in [1.807, 2.05) is 12.1 Å². The van der Waals surface area contributed by atoms with Gasteiger partial charge in [0.15, 0.2) is 0 Å². The highest BCUT2D eigenvalue weighted by atomic mass is 32.2. The fourth-order valence-electron chi connectivity index (χ4n) is 1.56. The lowest BCUT2D eigenvalue weighted by atomic mass is 10.1. The van der Waals surface area contributed by atoms with Crippen LogP contribution in [0.15, 0.2) is 18.3 Å². The van der Waals surface area contributed by atoms with Gasteiger partial charge in [-0.3, -0.25) is 9.17 Å². The average molecular weight is 227 g/mol. The van der Waals surface area contributed by atoms with Gasteiger partial charge in [-0.15, -0.1) is 0 Å². The highest BCUT2D eigenvalue weighted by Gasteiger charge is 2.27. The molecule has 1 aliphatic rings. The van der Waals surface area contributed by atoms with Crippen LogP contribution in [-0.4, -0.2) is 20.5 Å². The molecule has 15 heavy (non-hydrogen) atoms. The molecule has 1 aromatic rings. The van der Waals surface area contributed by atoms with E-state index in [9.17, 15) is 8.42 Å². The van der Waals surface area contributed by atoms with E-state index < -0.39 is 10.1 Å². The van der Waals surface area contributed by atoms with E-state index >= 15 is 0 Å². The van der Waals surface area contributed by atoms with Crippen molar-refractivity contribution in [2.75, 3.05) is 7.11 Å². The summed E-state index contributed by atoms with van der Waals surface area (Å²) in [6.07, 6.45) is 3.88. The molecule has 1 heterocycles. The Hall–Kier alpha value is -0.940. The summed E-state index contributed by atoms with van der Waals surface area (Å²) >= 11 is 0. The maximum Gasteiger partial charge on any atom is 0.272 e. The lowest BCUT2D eigenvalue weighted by Gasteiger charge is -2.06. The molecule has 0 aliphatic heterocycles. The molecule has 2 rings (SSSR count). The second-order valence-corrected chi connectivity index (χ2v) is 5.42. The van der Waals surface area contributed by atoms with Gasteiger partial charge in [0.2, 0.25) is 0 Å². The Morgan fingerprint density at radius 3 is 2.87 bits per heavy atom. The molecular formula is C10H13NO3S. The molecule has 82 valence electrons. The van der Waals surface area contributed by atoms with Crippen LogP contribution >= 0.6 is 0 Å².